The number of hydrogen-bond acceptors (Lipinski definition) is 9. The number of benzene rings is 3. The van der Waals surface area contributed by atoms with Crippen molar-refractivity contribution < 1.29 is 39.5 Å². The van der Waals surface area contributed by atoms with Gasteiger partial charge in [-0.05, 0) is 55.8 Å². The quantitative estimate of drug-likeness (QED) is 0.282. The van der Waals surface area contributed by atoms with Crippen LogP contribution in [0.3, 0.4) is 0 Å². The fourth-order valence-electron chi connectivity index (χ4n) is 4.39. The number of ether oxygens (including phenoxy) is 1. The van der Waals surface area contributed by atoms with E-state index in [1.54, 1.807) is 29.5 Å². The van der Waals surface area contributed by atoms with Gasteiger partial charge in [0.2, 0.25) is 0 Å². The van der Waals surface area contributed by atoms with Gasteiger partial charge in [-0.25, -0.2) is 21.6 Å². The molecule has 0 aromatic heterocycles. The maximum atomic E-state index is 13.7. The second kappa shape index (κ2) is 13.7. The third kappa shape index (κ3) is 8.29. The first-order valence-corrected chi connectivity index (χ1v) is 17.0. The van der Waals surface area contributed by atoms with Gasteiger partial charge in [0.05, 0.1) is 29.2 Å². The molecule has 1 aliphatic rings. The lowest BCUT2D eigenvalue weighted by Gasteiger charge is -2.35. The summed E-state index contributed by atoms with van der Waals surface area (Å²) in [5.74, 6) is -1.03. The molecule has 1 amide bonds. The van der Waals surface area contributed by atoms with Crippen molar-refractivity contribution >= 4 is 43.2 Å². The summed E-state index contributed by atoms with van der Waals surface area (Å²) >= 11 is 1.57. The number of sulfonamides is 1. The van der Waals surface area contributed by atoms with Crippen molar-refractivity contribution in [1.82, 2.24) is 9.62 Å². The van der Waals surface area contributed by atoms with E-state index in [1.165, 1.54) is 24.3 Å². The molecule has 43 heavy (non-hydrogen) atoms. The van der Waals surface area contributed by atoms with Crippen LogP contribution in [0.5, 0.6) is 0 Å². The van der Waals surface area contributed by atoms with Gasteiger partial charge in [0.15, 0.2) is 0 Å². The first-order chi connectivity index (χ1) is 20.3. The van der Waals surface area contributed by atoms with Gasteiger partial charge >= 0.3 is 5.51 Å². The molecular weight excluding hydrogens is 628 g/mol. The molecule has 3 aromatic carbocycles. The van der Waals surface area contributed by atoms with Gasteiger partial charge < -0.3 is 10.1 Å². The Morgan fingerprint density at radius 1 is 0.953 bits per heavy atom. The summed E-state index contributed by atoms with van der Waals surface area (Å²) < 4.78 is 99.5. The molecule has 2 atom stereocenters. The molecule has 1 aliphatic heterocycles. The topological polar surface area (TPSA) is 122 Å². The van der Waals surface area contributed by atoms with E-state index < -0.39 is 52.8 Å². The Bertz CT molecular complexity index is 1620. The highest BCUT2D eigenvalue weighted by atomic mass is 32.2. The maximum absolute atomic E-state index is 13.7. The van der Waals surface area contributed by atoms with Crippen LogP contribution in [0, 0.1) is 0 Å². The first-order valence-electron chi connectivity index (χ1n) is 13.2. The summed E-state index contributed by atoms with van der Waals surface area (Å²) in [6.45, 7) is 4.04. The zero-order chi connectivity index (χ0) is 31.3. The Balaban J connectivity index is 1.62. The summed E-state index contributed by atoms with van der Waals surface area (Å²) in [4.78, 5) is 13.5. The van der Waals surface area contributed by atoms with Crippen LogP contribution in [0.15, 0.2) is 93.5 Å². The minimum absolute atomic E-state index is 0.00971. The largest absolute Gasteiger partial charge is 0.501 e. The average Bonchev–Trinajstić information content (AvgIpc) is 2.97. The molecular formula is C28H30F3N3O6S3. The third-order valence-corrected chi connectivity index (χ3v) is 10.7. The van der Waals surface area contributed by atoms with E-state index in [9.17, 15) is 34.8 Å². The Morgan fingerprint density at radius 2 is 1.56 bits per heavy atom. The number of alkyl halides is 3. The van der Waals surface area contributed by atoms with Crippen LogP contribution in [0.1, 0.15) is 23.7 Å². The van der Waals surface area contributed by atoms with Crippen LogP contribution in [-0.2, 0) is 24.6 Å². The number of carbonyl (C=O) groups excluding carboxylic acids is 1. The molecule has 1 unspecified atom stereocenters. The Labute approximate surface area is 252 Å². The smallest absolute Gasteiger partial charge is 0.381 e. The summed E-state index contributed by atoms with van der Waals surface area (Å²) in [7, 11) is -10.7. The van der Waals surface area contributed by atoms with Gasteiger partial charge in [0, 0.05) is 29.6 Å². The number of halogens is 3. The Morgan fingerprint density at radius 3 is 2.16 bits per heavy atom. The lowest BCUT2D eigenvalue weighted by atomic mass is 10.2. The highest BCUT2D eigenvalue weighted by Crippen LogP contribution is 2.37. The van der Waals surface area contributed by atoms with Gasteiger partial charge in [0.1, 0.15) is 4.90 Å². The number of nitrogens with one attached hydrogen (secondary N) is 2. The Hall–Kier alpha value is -3.11. The van der Waals surface area contributed by atoms with Crippen molar-refractivity contribution in [3.63, 3.8) is 0 Å². The van der Waals surface area contributed by atoms with E-state index in [2.05, 4.69) is 10.2 Å². The number of rotatable bonds is 11. The summed E-state index contributed by atoms with van der Waals surface area (Å²) in [5.41, 5.74) is -6.13. The molecule has 15 heteroatoms. The maximum Gasteiger partial charge on any atom is 0.501 e. The van der Waals surface area contributed by atoms with Crippen LogP contribution in [0.4, 0.5) is 18.9 Å². The van der Waals surface area contributed by atoms with E-state index in [0.717, 1.165) is 17.0 Å². The zero-order valence-corrected chi connectivity index (χ0v) is 25.4. The lowest BCUT2D eigenvalue weighted by Crippen LogP contribution is -2.43. The molecule has 2 N–H and O–H groups in total. The second-order valence-corrected chi connectivity index (χ2v) is 14.6. The predicted octanol–water partition coefficient (Wildman–Crippen LogP) is 4.74. The first kappa shape index (κ1) is 32.8. The SMILES string of the molecule is CC(C[C@H](Sc1ccccc1)N1CCOCC1)Nc1ccc(S(=O)(=O)NC(=O)c2ccccc2)cc1S(=O)(=O)C(F)(F)F. The van der Waals surface area contributed by atoms with Crippen molar-refractivity contribution in [2.24, 2.45) is 0 Å². The molecule has 0 radical (unpaired) electrons. The van der Waals surface area contributed by atoms with Gasteiger partial charge in [-0.3, -0.25) is 9.69 Å². The van der Waals surface area contributed by atoms with Crippen LogP contribution in [0.2, 0.25) is 0 Å². The van der Waals surface area contributed by atoms with Crippen molar-refractivity contribution in [3.05, 3.63) is 84.4 Å². The number of carbonyl (C=O) groups is 1. The molecule has 0 aliphatic carbocycles. The van der Waals surface area contributed by atoms with Crippen LogP contribution in [-0.4, -0.2) is 70.9 Å². The third-order valence-electron chi connectivity index (χ3n) is 6.55. The van der Waals surface area contributed by atoms with Gasteiger partial charge in [-0.1, -0.05) is 36.4 Å². The van der Waals surface area contributed by atoms with Gasteiger partial charge in [-0.2, -0.15) is 13.2 Å². The lowest BCUT2D eigenvalue weighted by molar-refractivity contribution is -0.0435. The van der Waals surface area contributed by atoms with Gasteiger partial charge in [-0.15, -0.1) is 11.8 Å². The average molecular weight is 658 g/mol. The normalized spacial score (nSPS) is 16.3. The number of sulfone groups is 1. The van der Waals surface area contributed by atoms with Gasteiger partial charge in [0.25, 0.3) is 25.8 Å². The van der Waals surface area contributed by atoms with Crippen LogP contribution < -0.4 is 10.0 Å². The molecule has 232 valence electrons. The minimum Gasteiger partial charge on any atom is -0.381 e. The molecule has 0 bridgehead atoms. The molecule has 9 nitrogen and oxygen atoms in total. The monoisotopic (exact) mass is 657 g/mol. The van der Waals surface area contributed by atoms with E-state index in [1.807, 2.05) is 30.3 Å². The van der Waals surface area contributed by atoms with E-state index >= 15 is 0 Å². The van der Waals surface area contributed by atoms with Crippen molar-refractivity contribution in [3.8, 4) is 0 Å². The zero-order valence-electron chi connectivity index (χ0n) is 23.0. The van der Waals surface area contributed by atoms with Crippen molar-refractivity contribution in [1.29, 1.82) is 0 Å². The standard InChI is InChI=1S/C28H30F3N3O6S3/c1-20(18-26(34-14-16-40-17-15-34)41-22-10-6-3-7-11-22)32-24-13-12-23(19-25(24)42(36,37)28(29,30)31)43(38,39)33-27(35)21-8-4-2-5-9-21/h2-13,19-20,26,32H,14-18H2,1H3,(H,33,35)/t20?,26-/m0/s1. The number of nitrogens with zero attached hydrogens (tertiary/aromatic N) is 1. The number of morpholine rings is 1. The Kier molecular flexibility index (Phi) is 10.4. The fourth-order valence-corrected chi connectivity index (χ4v) is 7.78. The number of thioether (sulfide) groups is 1. The van der Waals surface area contributed by atoms with Crippen LogP contribution in [0.25, 0.3) is 0 Å². The van der Waals surface area contributed by atoms with Crippen molar-refractivity contribution in [2.45, 2.75) is 45.0 Å². The molecule has 4 rings (SSSR count). The summed E-state index contributed by atoms with van der Waals surface area (Å²) in [6.07, 6.45) is 0.401. The van der Waals surface area contributed by atoms with E-state index in [-0.39, 0.29) is 10.9 Å². The predicted molar refractivity (Wildman–Crippen MR) is 157 cm³/mol. The van der Waals surface area contributed by atoms with Crippen molar-refractivity contribution in [2.75, 3.05) is 31.6 Å². The number of amides is 1. The molecule has 0 saturated carbocycles. The summed E-state index contributed by atoms with van der Waals surface area (Å²) in [5, 5.41) is 2.74. The second-order valence-electron chi connectivity index (χ2n) is 9.72. The summed E-state index contributed by atoms with van der Waals surface area (Å²) in [6, 6.07) is 18.7. The molecule has 1 fully saturated rings. The molecule has 1 saturated heterocycles. The molecule has 1 heterocycles. The highest BCUT2D eigenvalue weighted by Gasteiger charge is 2.48. The number of hydrogen-bond donors (Lipinski definition) is 2. The van der Waals surface area contributed by atoms with E-state index in [4.69, 9.17) is 4.74 Å². The molecule has 0 spiro atoms. The van der Waals surface area contributed by atoms with E-state index in [0.29, 0.717) is 38.8 Å². The molecule has 3 aromatic rings. The number of anilines is 1. The minimum atomic E-state index is -5.99. The fraction of sp³-hybridized carbons (Fsp3) is 0.321. The highest BCUT2D eigenvalue weighted by molar-refractivity contribution is 7.99. The van der Waals surface area contributed by atoms with Crippen LogP contribution >= 0.6 is 11.8 Å².